The lowest BCUT2D eigenvalue weighted by Crippen LogP contribution is -2.30. The van der Waals surface area contributed by atoms with Gasteiger partial charge in [0.05, 0.1) is 0 Å². The lowest BCUT2D eigenvalue weighted by atomic mass is 10.1. The Kier molecular flexibility index (Phi) is 5.92. The van der Waals surface area contributed by atoms with Crippen LogP contribution in [0.4, 0.5) is 0 Å². The molecule has 0 aliphatic heterocycles. The van der Waals surface area contributed by atoms with Crippen molar-refractivity contribution in [2.24, 2.45) is 0 Å². The number of carbonyl (C=O) groups excluding carboxylic acids is 2. The summed E-state index contributed by atoms with van der Waals surface area (Å²) < 4.78 is 0. The van der Waals surface area contributed by atoms with Gasteiger partial charge in [-0.05, 0) is 37.1 Å². The quantitative estimate of drug-likeness (QED) is 0.862. The summed E-state index contributed by atoms with van der Waals surface area (Å²) in [6.07, 6.45) is 0.267. The van der Waals surface area contributed by atoms with Gasteiger partial charge in [0.2, 0.25) is 5.91 Å². The van der Waals surface area contributed by atoms with Crippen LogP contribution in [0.2, 0.25) is 0 Å². The van der Waals surface area contributed by atoms with Gasteiger partial charge in [-0.25, -0.2) is 0 Å². The molecule has 0 bridgehead atoms. The van der Waals surface area contributed by atoms with Gasteiger partial charge in [0.25, 0.3) is 5.91 Å². The highest BCUT2D eigenvalue weighted by Crippen LogP contribution is 2.06. The molecule has 0 saturated heterocycles. The van der Waals surface area contributed by atoms with Crippen LogP contribution in [0.1, 0.15) is 33.5 Å². The Morgan fingerprint density at radius 3 is 2.48 bits per heavy atom. The van der Waals surface area contributed by atoms with Crippen molar-refractivity contribution < 1.29 is 9.59 Å². The Bertz CT molecular complexity index is 695. The van der Waals surface area contributed by atoms with Crippen LogP contribution in [0, 0.1) is 13.8 Å². The molecule has 2 amide bonds. The van der Waals surface area contributed by atoms with Crippen molar-refractivity contribution in [3.63, 3.8) is 0 Å². The zero-order valence-corrected chi connectivity index (χ0v) is 13.6. The summed E-state index contributed by atoms with van der Waals surface area (Å²) >= 11 is 0. The maximum absolute atomic E-state index is 12.0. The Morgan fingerprint density at radius 2 is 1.74 bits per heavy atom. The molecule has 0 radical (unpaired) electrons. The van der Waals surface area contributed by atoms with Gasteiger partial charge in [-0.2, -0.15) is 0 Å². The van der Waals surface area contributed by atoms with E-state index in [1.807, 2.05) is 56.3 Å². The number of carbonyl (C=O) groups is 2. The second-order valence-corrected chi connectivity index (χ2v) is 5.58. The van der Waals surface area contributed by atoms with Crippen molar-refractivity contribution in [1.29, 1.82) is 0 Å². The molecule has 2 rings (SSSR count). The molecule has 2 aromatic rings. The molecule has 0 unspecified atom stereocenters. The summed E-state index contributed by atoms with van der Waals surface area (Å²) in [5.74, 6) is -0.224. The molecule has 0 aliphatic rings. The van der Waals surface area contributed by atoms with E-state index in [4.69, 9.17) is 0 Å². The zero-order valence-electron chi connectivity index (χ0n) is 13.6. The summed E-state index contributed by atoms with van der Waals surface area (Å²) in [6, 6.07) is 15.3. The van der Waals surface area contributed by atoms with E-state index in [1.165, 1.54) is 0 Å². The minimum absolute atomic E-state index is 0.0715. The van der Waals surface area contributed by atoms with Crippen LogP contribution in [0.25, 0.3) is 0 Å². The van der Waals surface area contributed by atoms with Gasteiger partial charge >= 0.3 is 0 Å². The van der Waals surface area contributed by atoms with Gasteiger partial charge in [0.1, 0.15) is 0 Å². The van der Waals surface area contributed by atoms with E-state index in [1.54, 1.807) is 6.07 Å². The fourth-order valence-corrected chi connectivity index (χ4v) is 2.27. The predicted molar refractivity (Wildman–Crippen MR) is 91.2 cm³/mol. The molecule has 2 N–H and O–H groups in total. The maximum Gasteiger partial charge on any atom is 0.251 e. The maximum atomic E-state index is 12.0. The van der Waals surface area contributed by atoms with Gasteiger partial charge in [0, 0.05) is 25.1 Å². The smallest absolute Gasteiger partial charge is 0.251 e. The van der Waals surface area contributed by atoms with E-state index >= 15 is 0 Å². The first-order valence-corrected chi connectivity index (χ1v) is 7.72. The molecule has 0 saturated carbocycles. The SMILES string of the molecule is Cc1cccc(C(=O)NCCC(=O)NCc2ccccc2C)c1. The summed E-state index contributed by atoms with van der Waals surface area (Å²) in [5, 5.41) is 5.64. The van der Waals surface area contributed by atoms with E-state index in [0.717, 1.165) is 16.7 Å². The third kappa shape index (κ3) is 5.25. The number of hydrogen-bond donors (Lipinski definition) is 2. The molecule has 0 aromatic heterocycles. The van der Waals surface area contributed by atoms with Gasteiger partial charge in [-0.3, -0.25) is 9.59 Å². The monoisotopic (exact) mass is 310 g/mol. The molecule has 0 atom stereocenters. The topological polar surface area (TPSA) is 58.2 Å². The number of aryl methyl sites for hydroxylation is 2. The number of benzene rings is 2. The van der Waals surface area contributed by atoms with E-state index in [9.17, 15) is 9.59 Å². The van der Waals surface area contributed by atoms with Crippen molar-refractivity contribution >= 4 is 11.8 Å². The Labute approximate surface area is 136 Å². The first-order valence-electron chi connectivity index (χ1n) is 7.72. The van der Waals surface area contributed by atoms with Gasteiger partial charge in [-0.15, -0.1) is 0 Å². The van der Waals surface area contributed by atoms with Crippen molar-refractivity contribution in [2.75, 3.05) is 6.54 Å². The summed E-state index contributed by atoms with van der Waals surface area (Å²) in [5.41, 5.74) is 3.91. The Balaban J connectivity index is 1.72. The molecule has 4 nitrogen and oxygen atoms in total. The fourth-order valence-electron chi connectivity index (χ4n) is 2.27. The van der Waals surface area contributed by atoms with Crippen LogP contribution in [-0.4, -0.2) is 18.4 Å². The van der Waals surface area contributed by atoms with Gasteiger partial charge in [0.15, 0.2) is 0 Å². The normalized spacial score (nSPS) is 10.2. The molecule has 0 heterocycles. The number of nitrogens with one attached hydrogen (secondary N) is 2. The molecule has 120 valence electrons. The summed E-state index contributed by atoms with van der Waals surface area (Å²) in [7, 11) is 0. The molecule has 0 aliphatic carbocycles. The van der Waals surface area contributed by atoms with E-state index in [0.29, 0.717) is 18.7 Å². The second kappa shape index (κ2) is 8.13. The summed E-state index contributed by atoms with van der Waals surface area (Å²) in [4.78, 5) is 23.8. The van der Waals surface area contributed by atoms with Crippen LogP contribution < -0.4 is 10.6 Å². The molecule has 4 heteroatoms. The zero-order chi connectivity index (χ0) is 16.7. The molecule has 23 heavy (non-hydrogen) atoms. The second-order valence-electron chi connectivity index (χ2n) is 5.58. The molecule has 2 aromatic carbocycles. The number of rotatable bonds is 6. The lowest BCUT2D eigenvalue weighted by molar-refractivity contribution is -0.121. The van der Waals surface area contributed by atoms with Crippen molar-refractivity contribution in [3.8, 4) is 0 Å². The van der Waals surface area contributed by atoms with Crippen LogP contribution in [0.5, 0.6) is 0 Å². The van der Waals surface area contributed by atoms with Gasteiger partial charge in [-0.1, -0.05) is 42.0 Å². The van der Waals surface area contributed by atoms with E-state index in [-0.39, 0.29) is 18.2 Å². The molecular weight excluding hydrogens is 288 g/mol. The number of hydrogen-bond acceptors (Lipinski definition) is 2. The predicted octanol–water partition coefficient (Wildman–Crippen LogP) is 2.74. The van der Waals surface area contributed by atoms with Crippen molar-refractivity contribution in [3.05, 3.63) is 70.8 Å². The lowest BCUT2D eigenvalue weighted by Gasteiger charge is -2.09. The minimum Gasteiger partial charge on any atom is -0.352 e. The first-order chi connectivity index (χ1) is 11.1. The molecule has 0 fully saturated rings. The molecular formula is C19H22N2O2. The van der Waals surface area contributed by atoms with E-state index < -0.39 is 0 Å². The van der Waals surface area contributed by atoms with Crippen LogP contribution in [0.3, 0.4) is 0 Å². The highest BCUT2D eigenvalue weighted by molar-refractivity contribution is 5.94. The highest BCUT2D eigenvalue weighted by Gasteiger charge is 2.07. The average molecular weight is 310 g/mol. The Morgan fingerprint density at radius 1 is 0.957 bits per heavy atom. The Hall–Kier alpha value is -2.62. The first kappa shape index (κ1) is 16.7. The third-order valence-electron chi connectivity index (χ3n) is 3.66. The number of amides is 2. The van der Waals surface area contributed by atoms with Crippen LogP contribution >= 0.6 is 0 Å². The minimum atomic E-state index is -0.152. The van der Waals surface area contributed by atoms with Crippen LogP contribution in [0.15, 0.2) is 48.5 Å². The standard InChI is InChI=1S/C19H22N2O2/c1-14-6-5-9-16(12-14)19(23)20-11-10-18(22)21-13-17-8-4-3-7-15(17)2/h3-9,12H,10-11,13H2,1-2H3,(H,20,23)(H,21,22). The van der Waals surface area contributed by atoms with Crippen molar-refractivity contribution in [1.82, 2.24) is 10.6 Å². The van der Waals surface area contributed by atoms with Crippen LogP contribution in [-0.2, 0) is 11.3 Å². The van der Waals surface area contributed by atoms with E-state index in [2.05, 4.69) is 10.6 Å². The van der Waals surface area contributed by atoms with Crippen molar-refractivity contribution in [2.45, 2.75) is 26.8 Å². The average Bonchev–Trinajstić information content (AvgIpc) is 2.54. The third-order valence-corrected chi connectivity index (χ3v) is 3.66. The summed E-state index contributed by atoms with van der Waals surface area (Å²) in [6.45, 7) is 4.79. The van der Waals surface area contributed by atoms with Gasteiger partial charge < -0.3 is 10.6 Å². The fraction of sp³-hybridized carbons (Fsp3) is 0.263. The largest absolute Gasteiger partial charge is 0.352 e. The molecule has 0 spiro atoms. The highest BCUT2D eigenvalue weighted by atomic mass is 16.2.